The Morgan fingerprint density at radius 1 is 1.44 bits per heavy atom. The zero-order valence-electron chi connectivity index (χ0n) is 10.8. The molecule has 100 valence electrons. The molecule has 1 aromatic rings. The number of ether oxygens (including phenoxy) is 2. The molecule has 0 saturated carbocycles. The van der Waals surface area contributed by atoms with Crippen LogP contribution in [0, 0.1) is 5.82 Å². The highest BCUT2D eigenvalue weighted by Crippen LogP contribution is 2.21. The molecule has 0 radical (unpaired) electrons. The maximum absolute atomic E-state index is 13.5. The van der Waals surface area contributed by atoms with E-state index in [0.717, 1.165) is 5.56 Å². The van der Waals surface area contributed by atoms with Crippen molar-refractivity contribution in [2.24, 2.45) is 0 Å². The molecule has 0 amide bonds. The van der Waals surface area contributed by atoms with Crippen LogP contribution in [0.1, 0.15) is 24.9 Å². The number of rotatable bonds is 6. The van der Waals surface area contributed by atoms with Crippen LogP contribution >= 0.6 is 0 Å². The van der Waals surface area contributed by atoms with Gasteiger partial charge in [-0.1, -0.05) is 6.07 Å². The molecule has 0 heterocycles. The largest absolute Gasteiger partial charge is 0.494 e. The molecule has 0 aliphatic carbocycles. The van der Waals surface area contributed by atoms with E-state index in [0.29, 0.717) is 13.0 Å². The van der Waals surface area contributed by atoms with Crippen LogP contribution in [-0.4, -0.2) is 26.7 Å². The van der Waals surface area contributed by atoms with Gasteiger partial charge in [-0.15, -0.1) is 0 Å². The summed E-state index contributed by atoms with van der Waals surface area (Å²) in [5.41, 5.74) is 0.804. The van der Waals surface area contributed by atoms with E-state index >= 15 is 0 Å². The third kappa shape index (κ3) is 4.00. The molecule has 1 atom stereocenters. The summed E-state index contributed by atoms with van der Waals surface area (Å²) in [7, 11) is 2.78. The molecular formula is C13H18FNO3. The first-order valence-corrected chi connectivity index (χ1v) is 5.72. The summed E-state index contributed by atoms with van der Waals surface area (Å²) in [6.45, 7) is 2.39. The van der Waals surface area contributed by atoms with E-state index in [1.165, 1.54) is 20.3 Å². The van der Waals surface area contributed by atoms with Crippen LogP contribution in [0.15, 0.2) is 18.2 Å². The minimum Gasteiger partial charge on any atom is -0.494 e. The maximum Gasteiger partial charge on any atom is 0.306 e. The lowest BCUT2D eigenvalue weighted by molar-refractivity contribution is -0.140. The third-order valence-electron chi connectivity index (χ3n) is 2.68. The fourth-order valence-corrected chi connectivity index (χ4v) is 1.56. The molecule has 1 aromatic carbocycles. The van der Waals surface area contributed by atoms with E-state index in [-0.39, 0.29) is 17.8 Å². The van der Waals surface area contributed by atoms with Crippen LogP contribution in [-0.2, 0) is 9.53 Å². The van der Waals surface area contributed by atoms with Crippen molar-refractivity contribution in [2.45, 2.75) is 19.4 Å². The van der Waals surface area contributed by atoms with E-state index in [9.17, 15) is 9.18 Å². The molecule has 0 saturated heterocycles. The number of methoxy groups -OCH3 is 2. The van der Waals surface area contributed by atoms with Gasteiger partial charge in [-0.2, -0.15) is 0 Å². The van der Waals surface area contributed by atoms with Crippen LogP contribution in [0.4, 0.5) is 4.39 Å². The summed E-state index contributed by atoms with van der Waals surface area (Å²) in [5.74, 6) is -0.437. The highest BCUT2D eigenvalue weighted by Gasteiger charge is 2.09. The Balaban J connectivity index is 2.53. The predicted molar refractivity (Wildman–Crippen MR) is 66.0 cm³/mol. The first-order chi connectivity index (χ1) is 8.58. The monoisotopic (exact) mass is 255 g/mol. The number of halogens is 1. The van der Waals surface area contributed by atoms with Gasteiger partial charge in [-0.05, 0) is 24.6 Å². The number of carbonyl (C=O) groups is 1. The van der Waals surface area contributed by atoms with Crippen molar-refractivity contribution < 1.29 is 18.7 Å². The van der Waals surface area contributed by atoms with Gasteiger partial charge in [-0.25, -0.2) is 4.39 Å². The lowest BCUT2D eigenvalue weighted by atomic mass is 10.1. The average Bonchev–Trinajstić information content (AvgIpc) is 2.38. The molecule has 1 rings (SSSR count). The Labute approximate surface area is 106 Å². The van der Waals surface area contributed by atoms with Crippen molar-refractivity contribution in [1.29, 1.82) is 0 Å². The molecule has 0 bridgehead atoms. The van der Waals surface area contributed by atoms with Crippen molar-refractivity contribution in [1.82, 2.24) is 5.32 Å². The summed E-state index contributed by atoms with van der Waals surface area (Å²) in [6.07, 6.45) is 0.291. The van der Waals surface area contributed by atoms with Gasteiger partial charge in [0.2, 0.25) is 0 Å². The molecule has 5 heteroatoms. The molecular weight excluding hydrogens is 237 g/mol. The van der Waals surface area contributed by atoms with Crippen molar-refractivity contribution >= 4 is 5.97 Å². The summed E-state index contributed by atoms with van der Waals surface area (Å²) >= 11 is 0. The normalized spacial score (nSPS) is 12.0. The third-order valence-corrected chi connectivity index (χ3v) is 2.68. The van der Waals surface area contributed by atoms with Gasteiger partial charge in [0.05, 0.1) is 20.6 Å². The minimum atomic E-state index is -0.392. The number of esters is 1. The van der Waals surface area contributed by atoms with Gasteiger partial charge in [-0.3, -0.25) is 4.79 Å². The van der Waals surface area contributed by atoms with Crippen molar-refractivity contribution in [3.8, 4) is 5.75 Å². The van der Waals surface area contributed by atoms with Crippen LogP contribution in [0.5, 0.6) is 5.75 Å². The molecule has 0 aliphatic rings. The highest BCUT2D eigenvalue weighted by atomic mass is 19.1. The molecule has 0 spiro atoms. The molecule has 0 aliphatic heterocycles. The second-order valence-corrected chi connectivity index (χ2v) is 3.90. The predicted octanol–water partition coefficient (Wildman–Crippen LogP) is 2.05. The van der Waals surface area contributed by atoms with E-state index in [1.54, 1.807) is 12.1 Å². The van der Waals surface area contributed by atoms with Crippen molar-refractivity contribution in [3.05, 3.63) is 29.6 Å². The fraction of sp³-hybridized carbons (Fsp3) is 0.462. The second-order valence-electron chi connectivity index (χ2n) is 3.90. The van der Waals surface area contributed by atoms with Gasteiger partial charge in [0.25, 0.3) is 0 Å². The molecule has 1 unspecified atom stereocenters. The molecule has 0 aromatic heterocycles. The van der Waals surface area contributed by atoms with Gasteiger partial charge in [0, 0.05) is 12.6 Å². The maximum atomic E-state index is 13.5. The zero-order valence-corrected chi connectivity index (χ0v) is 10.8. The second kappa shape index (κ2) is 6.96. The van der Waals surface area contributed by atoms with Crippen LogP contribution in [0.25, 0.3) is 0 Å². The Bertz CT molecular complexity index is 409. The van der Waals surface area contributed by atoms with Crippen molar-refractivity contribution in [3.63, 3.8) is 0 Å². The SMILES string of the molecule is COC(=O)CCNC(C)c1ccc(OC)c(F)c1. The smallest absolute Gasteiger partial charge is 0.306 e. The number of carbonyl (C=O) groups excluding carboxylic acids is 1. The van der Waals surface area contributed by atoms with Crippen molar-refractivity contribution in [2.75, 3.05) is 20.8 Å². The summed E-state index contributed by atoms with van der Waals surface area (Å²) in [4.78, 5) is 10.9. The number of benzene rings is 1. The quantitative estimate of drug-likeness (QED) is 0.790. The molecule has 0 fully saturated rings. The van der Waals surface area contributed by atoms with Crippen LogP contribution < -0.4 is 10.1 Å². The number of hydrogen-bond donors (Lipinski definition) is 1. The topological polar surface area (TPSA) is 47.6 Å². The van der Waals surface area contributed by atoms with E-state index in [1.807, 2.05) is 6.92 Å². The van der Waals surface area contributed by atoms with Gasteiger partial charge in [0.1, 0.15) is 0 Å². The Hall–Kier alpha value is -1.62. The zero-order chi connectivity index (χ0) is 13.5. The number of nitrogens with one attached hydrogen (secondary N) is 1. The first-order valence-electron chi connectivity index (χ1n) is 5.72. The van der Waals surface area contributed by atoms with Gasteiger partial charge >= 0.3 is 5.97 Å². The molecule has 1 N–H and O–H groups in total. The van der Waals surface area contributed by atoms with Crippen LogP contribution in [0.3, 0.4) is 0 Å². The molecule has 4 nitrogen and oxygen atoms in total. The van der Waals surface area contributed by atoms with Gasteiger partial charge < -0.3 is 14.8 Å². The highest BCUT2D eigenvalue weighted by molar-refractivity contribution is 5.69. The van der Waals surface area contributed by atoms with Gasteiger partial charge in [0.15, 0.2) is 11.6 Å². The summed E-state index contributed by atoms with van der Waals surface area (Å²) in [5, 5.41) is 3.12. The van der Waals surface area contributed by atoms with E-state index in [4.69, 9.17) is 4.74 Å². The fourth-order valence-electron chi connectivity index (χ4n) is 1.56. The standard InChI is InChI=1S/C13H18FNO3/c1-9(15-7-6-13(16)18-3)10-4-5-12(17-2)11(14)8-10/h4-5,8-9,15H,6-7H2,1-3H3. The molecule has 18 heavy (non-hydrogen) atoms. The van der Waals surface area contributed by atoms with E-state index in [2.05, 4.69) is 10.1 Å². The van der Waals surface area contributed by atoms with Crippen LogP contribution in [0.2, 0.25) is 0 Å². The first kappa shape index (κ1) is 14.4. The summed E-state index contributed by atoms with van der Waals surface area (Å²) in [6, 6.07) is 4.75. The Morgan fingerprint density at radius 3 is 2.72 bits per heavy atom. The Kier molecular flexibility index (Phi) is 5.58. The van der Waals surface area contributed by atoms with E-state index < -0.39 is 5.82 Å². The number of hydrogen-bond acceptors (Lipinski definition) is 4. The lowest BCUT2D eigenvalue weighted by Gasteiger charge is -2.14. The minimum absolute atomic E-state index is 0.0462. The Morgan fingerprint density at radius 2 is 2.17 bits per heavy atom. The summed E-state index contributed by atoms with van der Waals surface area (Å²) < 4.78 is 22.9. The average molecular weight is 255 g/mol. The lowest BCUT2D eigenvalue weighted by Crippen LogP contribution is -2.22.